The molecule has 0 N–H and O–H groups in total. The van der Waals surface area contributed by atoms with Crippen LogP contribution in [0.3, 0.4) is 0 Å². The third-order valence-corrected chi connectivity index (χ3v) is 1.78. The van der Waals surface area contributed by atoms with Gasteiger partial charge in [-0.3, -0.25) is 4.98 Å². The molecule has 1 aromatic rings. The topological polar surface area (TPSA) is 12.9 Å². The van der Waals surface area contributed by atoms with Gasteiger partial charge in [0.1, 0.15) is 0 Å². The van der Waals surface area contributed by atoms with Crippen molar-refractivity contribution in [3.8, 4) is 12.3 Å². The van der Waals surface area contributed by atoms with Crippen molar-refractivity contribution in [2.45, 2.75) is 26.2 Å². The average Bonchev–Trinajstić information content (AvgIpc) is 2.03. The first-order valence-corrected chi connectivity index (χ1v) is 3.97. The maximum atomic E-state index is 5.37. The highest BCUT2D eigenvalue weighted by atomic mass is 14.6. The molecule has 0 saturated heterocycles. The largest absolute Gasteiger partial charge is 0.264 e. The van der Waals surface area contributed by atoms with Crippen LogP contribution in [0.1, 0.15) is 31.9 Å². The van der Waals surface area contributed by atoms with Crippen molar-refractivity contribution in [1.82, 2.24) is 4.98 Å². The fraction of sp³-hybridized carbons (Fsp3) is 0.364. The average molecular weight is 159 g/mol. The molecule has 0 aliphatic carbocycles. The third kappa shape index (κ3) is 1.65. The summed E-state index contributed by atoms with van der Waals surface area (Å²) in [7, 11) is 0. The highest BCUT2D eigenvalue weighted by Gasteiger charge is 2.16. The summed E-state index contributed by atoms with van der Waals surface area (Å²) in [5.74, 6) is 2.66. The van der Waals surface area contributed by atoms with Crippen molar-refractivity contribution >= 4 is 0 Å². The number of terminal acetylenes is 1. The Morgan fingerprint density at radius 3 is 2.50 bits per heavy atom. The molecule has 12 heavy (non-hydrogen) atoms. The molecule has 1 heterocycles. The molecule has 0 aromatic carbocycles. The molecule has 0 aliphatic rings. The Bertz CT molecular complexity index is 313. The molecule has 0 spiro atoms. The fourth-order valence-corrected chi connectivity index (χ4v) is 1.12. The first-order chi connectivity index (χ1) is 5.55. The van der Waals surface area contributed by atoms with Gasteiger partial charge in [-0.15, -0.1) is 6.42 Å². The monoisotopic (exact) mass is 159 g/mol. The number of nitrogens with zero attached hydrogens (tertiary/aromatic N) is 1. The summed E-state index contributed by atoms with van der Waals surface area (Å²) in [6.45, 7) is 6.39. The Balaban J connectivity index is 3.26. The van der Waals surface area contributed by atoms with Crippen molar-refractivity contribution in [2.75, 3.05) is 0 Å². The van der Waals surface area contributed by atoms with Crippen LogP contribution in [0.2, 0.25) is 0 Å². The molecular formula is C11H13N. The Hall–Kier alpha value is -1.29. The summed E-state index contributed by atoms with van der Waals surface area (Å²) in [5.41, 5.74) is 2.15. The van der Waals surface area contributed by atoms with Crippen LogP contribution in [-0.4, -0.2) is 4.98 Å². The highest BCUT2D eigenvalue weighted by Crippen LogP contribution is 2.23. The van der Waals surface area contributed by atoms with Crippen LogP contribution in [0, 0.1) is 12.3 Å². The second-order valence-corrected chi connectivity index (χ2v) is 3.82. The van der Waals surface area contributed by atoms with Crippen molar-refractivity contribution in [3.05, 3.63) is 29.6 Å². The van der Waals surface area contributed by atoms with E-state index in [-0.39, 0.29) is 5.41 Å². The van der Waals surface area contributed by atoms with Gasteiger partial charge in [0.2, 0.25) is 0 Å². The second kappa shape index (κ2) is 2.98. The number of rotatable bonds is 0. The van der Waals surface area contributed by atoms with Crippen LogP contribution in [0.4, 0.5) is 0 Å². The van der Waals surface area contributed by atoms with E-state index in [1.165, 1.54) is 0 Å². The van der Waals surface area contributed by atoms with E-state index in [0.29, 0.717) is 0 Å². The van der Waals surface area contributed by atoms with Gasteiger partial charge in [0.15, 0.2) is 0 Å². The zero-order valence-corrected chi connectivity index (χ0v) is 7.76. The first-order valence-electron chi connectivity index (χ1n) is 3.97. The van der Waals surface area contributed by atoms with E-state index in [2.05, 4.69) is 31.7 Å². The summed E-state index contributed by atoms with van der Waals surface area (Å²) in [4.78, 5) is 4.06. The molecule has 1 aromatic heterocycles. The lowest BCUT2D eigenvalue weighted by Gasteiger charge is -2.19. The predicted molar refractivity (Wildman–Crippen MR) is 50.9 cm³/mol. The minimum absolute atomic E-state index is 0.0793. The molecule has 0 radical (unpaired) electrons. The summed E-state index contributed by atoms with van der Waals surface area (Å²) >= 11 is 0. The molecule has 1 nitrogen and oxygen atoms in total. The summed E-state index contributed by atoms with van der Waals surface area (Å²) in [6.07, 6.45) is 8.94. The molecule has 0 bridgehead atoms. The van der Waals surface area contributed by atoms with E-state index in [4.69, 9.17) is 6.42 Å². The molecule has 0 atom stereocenters. The van der Waals surface area contributed by atoms with E-state index < -0.39 is 0 Å². The zero-order chi connectivity index (χ0) is 9.19. The minimum atomic E-state index is 0.0793. The van der Waals surface area contributed by atoms with Gasteiger partial charge in [0, 0.05) is 18.0 Å². The smallest absolute Gasteiger partial charge is 0.0317 e. The Kier molecular flexibility index (Phi) is 2.19. The number of hydrogen-bond donors (Lipinski definition) is 0. The van der Waals surface area contributed by atoms with Crippen LogP contribution in [0.5, 0.6) is 0 Å². The normalized spacial score (nSPS) is 10.8. The van der Waals surface area contributed by atoms with Crippen molar-refractivity contribution in [2.24, 2.45) is 0 Å². The van der Waals surface area contributed by atoms with Crippen LogP contribution >= 0.6 is 0 Å². The maximum Gasteiger partial charge on any atom is 0.0317 e. The molecule has 0 saturated carbocycles. The van der Waals surface area contributed by atoms with E-state index >= 15 is 0 Å². The molecule has 0 aliphatic heterocycles. The standard InChI is InChI=1S/C11H13N/c1-5-9-6-7-12-8-10(9)11(2,3)4/h1,6-8H,2-4H3. The molecule has 0 amide bonds. The van der Waals surface area contributed by atoms with E-state index in [0.717, 1.165) is 11.1 Å². The SMILES string of the molecule is C#Cc1ccncc1C(C)(C)C. The van der Waals surface area contributed by atoms with Gasteiger partial charge < -0.3 is 0 Å². The first kappa shape index (κ1) is 8.80. The Morgan fingerprint density at radius 2 is 2.08 bits per heavy atom. The van der Waals surface area contributed by atoms with Gasteiger partial charge in [0.05, 0.1) is 0 Å². The van der Waals surface area contributed by atoms with E-state index in [1.54, 1.807) is 6.20 Å². The van der Waals surface area contributed by atoms with E-state index in [1.807, 2.05) is 12.3 Å². The summed E-state index contributed by atoms with van der Waals surface area (Å²) in [5, 5.41) is 0. The minimum Gasteiger partial charge on any atom is -0.264 e. The van der Waals surface area contributed by atoms with Crippen molar-refractivity contribution < 1.29 is 0 Å². The van der Waals surface area contributed by atoms with Crippen LogP contribution < -0.4 is 0 Å². The summed E-state index contributed by atoms with van der Waals surface area (Å²) in [6, 6.07) is 1.88. The van der Waals surface area contributed by atoms with E-state index in [9.17, 15) is 0 Å². The van der Waals surface area contributed by atoms with Gasteiger partial charge >= 0.3 is 0 Å². The van der Waals surface area contributed by atoms with Crippen LogP contribution in [0.25, 0.3) is 0 Å². The molecule has 0 unspecified atom stereocenters. The molecule has 1 heteroatoms. The number of pyridine rings is 1. The molecule has 0 fully saturated rings. The maximum absolute atomic E-state index is 5.37. The number of aromatic nitrogens is 1. The van der Waals surface area contributed by atoms with Gasteiger partial charge in [-0.25, -0.2) is 0 Å². The van der Waals surface area contributed by atoms with Crippen molar-refractivity contribution in [1.29, 1.82) is 0 Å². The predicted octanol–water partition coefficient (Wildman–Crippen LogP) is 2.36. The third-order valence-electron chi connectivity index (χ3n) is 1.78. The quantitative estimate of drug-likeness (QED) is 0.529. The molecular weight excluding hydrogens is 146 g/mol. The molecule has 62 valence electrons. The van der Waals surface area contributed by atoms with Gasteiger partial charge in [0.25, 0.3) is 0 Å². The van der Waals surface area contributed by atoms with Gasteiger partial charge in [-0.2, -0.15) is 0 Å². The summed E-state index contributed by atoms with van der Waals surface area (Å²) < 4.78 is 0. The number of hydrogen-bond acceptors (Lipinski definition) is 1. The Morgan fingerprint density at radius 1 is 1.42 bits per heavy atom. The lowest BCUT2D eigenvalue weighted by Crippen LogP contribution is -2.13. The second-order valence-electron chi connectivity index (χ2n) is 3.82. The van der Waals surface area contributed by atoms with Gasteiger partial charge in [-0.05, 0) is 17.0 Å². The fourth-order valence-electron chi connectivity index (χ4n) is 1.12. The van der Waals surface area contributed by atoms with Crippen LogP contribution in [-0.2, 0) is 5.41 Å². The molecule has 1 rings (SSSR count). The lowest BCUT2D eigenvalue weighted by atomic mass is 9.85. The highest BCUT2D eigenvalue weighted by molar-refractivity contribution is 5.41. The van der Waals surface area contributed by atoms with Gasteiger partial charge in [-0.1, -0.05) is 26.7 Å². The lowest BCUT2D eigenvalue weighted by molar-refractivity contribution is 0.586. The van der Waals surface area contributed by atoms with Crippen molar-refractivity contribution in [3.63, 3.8) is 0 Å². The zero-order valence-electron chi connectivity index (χ0n) is 7.76. The van der Waals surface area contributed by atoms with Crippen LogP contribution in [0.15, 0.2) is 18.5 Å². The Labute approximate surface area is 73.8 Å².